The van der Waals surface area contributed by atoms with Crippen molar-refractivity contribution in [2.45, 2.75) is 33.5 Å². The molecule has 1 aromatic rings. The van der Waals surface area contributed by atoms with E-state index < -0.39 is 22.8 Å². The minimum absolute atomic E-state index is 0. The molecule has 0 saturated carbocycles. The molecule has 0 aliphatic carbocycles. The first-order valence-electron chi connectivity index (χ1n) is 9.39. The third-order valence-corrected chi connectivity index (χ3v) is 5.86. The number of benzene rings is 1. The predicted octanol–water partition coefficient (Wildman–Crippen LogP) is 2.97. The van der Waals surface area contributed by atoms with Crippen LogP contribution in [-0.2, 0) is 16.6 Å². The summed E-state index contributed by atoms with van der Waals surface area (Å²) in [6, 6.07) is 6.16. The van der Waals surface area contributed by atoms with Crippen molar-refractivity contribution < 1.29 is 26.3 Å². The van der Waals surface area contributed by atoms with Gasteiger partial charge < -0.3 is 15.4 Å². The number of ether oxygens (including phenoxy) is 1. The van der Waals surface area contributed by atoms with Gasteiger partial charge in [0.05, 0.1) is 12.3 Å². The first kappa shape index (κ1) is 28.7. The van der Waals surface area contributed by atoms with Gasteiger partial charge in [-0.15, -0.1) is 24.0 Å². The number of guanidine groups is 1. The van der Waals surface area contributed by atoms with Gasteiger partial charge in [0.1, 0.15) is 5.75 Å². The van der Waals surface area contributed by atoms with E-state index in [4.69, 9.17) is 0 Å². The van der Waals surface area contributed by atoms with E-state index in [2.05, 4.69) is 20.4 Å². The topological polar surface area (TPSA) is 83.0 Å². The van der Waals surface area contributed by atoms with Crippen LogP contribution in [0.2, 0.25) is 0 Å². The van der Waals surface area contributed by atoms with Crippen LogP contribution >= 0.6 is 24.0 Å². The summed E-state index contributed by atoms with van der Waals surface area (Å²) < 4.78 is 67.0. The van der Waals surface area contributed by atoms with Gasteiger partial charge in [0.25, 0.3) is 0 Å². The molecule has 0 bridgehead atoms. The molecule has 0 aromatic heterocycles. The molecular weight excluding hydrogens is 536 g/mol. The Bertz CT molecular complexity index is 740. The molecule has 12 heteroatoms. The second kappa shape index (κ2) is 13.9. The maximum Gasteiger partial charge on any atom is 0.422 e. The van der Waals surface area contributed by atoms with Gasteiger partial charge in [-0.3, -0.25) is 0 Å². The fraction of sp³-hybridized carbons (Fsp3) is 0.611. The quantitative estimate of drug-likeness (QED) is 0.245. The van der Waals surface area contributed by atoms with Gasteiger partial charge in [-0.1, -0.05) is 26.0 Å². The lowest BCUT2D eigenvalue weighted by molar-refractivity contribution is -0.153. The van der Waals surface area contributed by atoms with Gasteiger partial charge in [-0.25, -0.2) is 17.7 Å². The Hall–Kier alpha value is -1.28. The van der Waals surface area contributed by atoms with Crippen LogP contribution in [0.4, 0.5) is 13.2 Å². The molecule has 0 saturated heterocycles. The monoisotopic (exact) mass is 566 g/mol. The minimum atomic E-state index is -4.38. The molecule has 0 heterocycles. The number of nitrogens with zero attached hydrogens (tertiary/aromatic N) is 2. The van der Waals surface area contributed by atoms with Crippen molar-refractivity contribution in [3.05, 3.63) is 29.8 Å². The Morgan fingerprint density at radius 1 is 1.10 bits per heavy atom. The Balaban J connectivity index is 0.00000841. The molecule has 0 unspecified atom stereocenters. The normalized spacial score (nSPS) is 12.4. The van der Waals surface area contributed by atoms with Crippen molar-refractivity contribution in [3.8, 4) is 5.75 Å². The van der Waals surface area contributed by atoms with Gasteiger partial charge >= 0.3 is 6.18 Å². The van der Waals surface area contributed by atoms with E-state index >= 15 is 0 Å². The Morgan fingerprint density at radius 2 is 1.70 bits per heavy atom. The summed E-state index contributed by atoms with van der Waals surface area (Å²) in [7, 11) is -3.33. The first-order chi connectivity index (χ1) is 13.6. The highest BCUT2D eigenvalue weighted by Crippen LogP contribution is 2.19. The lowest BCUT2D eigenvalue weighted by Crippen LogP contribution is -2.42. The van der Waals surface area contributed by atoms with E-state index in [-0.39, 0.29) is 48.6 Å². The molecule has 0 atom stereocenters. The number of hydrogen-bond acceptors (Lipinski definition) is 4. The van der Waals surface area contributed by atoms with E-state index in [1.165, 1.54) is 16.4 Å². The summed E-state index contributed by atoms with van der Waals surface area (Å²) in [6.07, 6.45) is -4.38. The summed E-state index contributed by atoms with van der Waals surface area (Å²) in [6.45, 7) is 6.06. The molecule has 1 aromatic carbocycles. The van der Waals surface area contributed by atoms with E-state index in [1.807, 2.05) is 6.92 Å². The Kier molecular flexibility index (Phi) is 13.3. The molecule has 0 aliphatic heterocycles. The van der Waals surface area contributed by atoms with E-state index in [0.29, 0.717) is 25.6 Å². The molecular formula is C18H30F3IN4O3S. The number of alkyl halides is 3. The maximum atomic E-state index is 12.2. The predicted molar refractivity (Wildman–Crippen MR) is 123 cm³/mol. The highest BCUT2D eigenvalue weighted by atomic mass is 127. The van der Waals surface area contributed by atoms with Crippen LogP contribution in [0, 0.1) is 0 Å². The van der Waals surface area contributed by atoms with Gasteiger partial charge in [-0.2, -0.15) is 13.2 Å². The Morgan fingerprint density at radius 3 is 2.20 bits per heavy atom. The zero-order valence-electron chi connectivity index (χ0n) is 17.3. The minimum Gasteiger partial charge on any atom is -0.484 e. The smallest absolute Gasteiger partial charge is 0.422 e. The van der Waals surface area contributed by atoms with Crippen LogP contribution < -0.4 is 15.4 Å². The summed E-state index contributed by atoms with van der Waals surface area (Å²) in [5, 5.41) is 6.01. The molecule has 174 valence electrons. The summed E-state index contributed by atoms with van der Waals surface area (Å²) in [4.78, 5) is 4.37. The molecule has 0 fully saturated rings. The number of halogens is 4. The van der Waals surface area contributed by atoms with Gasteiger partial charge in [-0.05, 0) is 24.6 Å². The van der Waals surface area contributed by atoms with Crippen molar-refractivity contribution in [1.29, 1.82) is 0 Å². The van der Waals surface area contributed by atoms with Crippen LogP contribution in [0.5, 0.6) is 5.75 Å². The Labute approximate surface area is 193 Å². The van der Waals surface area contributed by atoms with Crippen LogP contribution in [-0.4, -0.2) is 63.4 Å². The molecule has 0 radical (unpaired) electrons. The lowest BCUT2D eigenvalue weighted by Gasteiger charge is -2.19. The van der Waals surface area contributed by atoms with Gasteiger partial charge in [0.15, 0.2) is 12.6 Å². The highest BCUT2D eigenvalue weighted by molar-refractivity contribution is 14.0. The molecule has 1 rings (SSSR count). The number of rotatable bonds is 11. The van der Waals surface area contributed by atoms with Crippen molar-refractivity contribution in [1.82, 2.24) is 14.9 Å². The SMILES string of the molecule is CCNC(=NCc1ccc(OCC(F)(F)F)cc1)NCCS(=O)(=O)N(CC)CC.I. The van der Waals surface area contributed by atoms with Gasteiger partial charge in [0, 0.05) is 26.2 Å². The second-order valence-corrected chi connectivity index (χ2v) is 8.16. The lowest BCUT2D eigenvalue weighted by atomic mass is 10.2. The fourth-order valence-electron chi connectivity index (χ4n) is 2.41. The van der Waals surface area contributed by atoms with Crippen molar-refractivity contribution in [2.75, 3.05) is 38.5 Å². The third kappa shape index (κ3) is 11.2. The molecule has 0 amide bonds. The summed E-state index contributed by atoms with van der Waals surface area (Å²) in [5.41, 5.74) is 0.775. The number of sulfonamides is 1. The van der Waals surface area contributed by atoms with Crippen molar-refractivity contribution in [3.63, 3.8) is 0 Å². The van der Waals surface area contributed by atoms with Crippen LogP contribution in [0.15, 0.2) is 29.3 Å². The van der Waals surface area contributed by atoms with Crippen LogP contribution in [0.1, 0.15) is 26.3 Å². The number of aliphatic imine (C=N–C) groups is 1. The zero-order chi connectivity index (χ0) is 21.9. The van der Waals surface area contributed by atoms with E-state index in [1.54, 1.807) is 26.0 Å². The molecule has 2 N–H and O–H groups in total. The first-order valence-corrected chi connectivity index (χ1v) is 11.0. The van der Waals surface area contributed by atoms with Crippen LogP contribution in [0.25, 0.3) is 0 Å². The molecule has 7 nitrogen and oxygen atoms in total. The van der Waals surface area contributed by atoms with Crippen molar-refractivity contribution >= 4 is 40.0 Å². The molecule has 0 aliphatic rings. The van der Waals surface area contributed by atoms with Crippen molar-refractivity contribution in [2.24, 2.45) is 4.99 Å². The zero-order valence-corrected chi connectivity index (χ0v) is 20.5. The highest BCUT2D eigenvalue weighted by Gasteiger charge is 2.28. The largest absolute Gasteiger partial charge is 0.484 e. The molecule has 30 heavy (non-hydrogen) atoms. The average Bonchev–Trinajstić information content (AvgIpc) is 2.65. The fourth-order valence-corrected chi connectivity index (χ4v) is 3.82. The van der Waals surface area contributed by atoms with E-state index in [9.17, 15) is 21.6 Å². The maximum absolute atomic E-state index is 12.2. The van der Waals surface area contributed by atoms with E-state index in [0.717, 1.165) is 5.56 Å². The van der Waals surface area contributed by atoms with Gasteiger partial charge in [0.2, 0.25) is 10.0 Å². The van der Waals surface area contributed by atoms with Crippen LogP contribution in [0.3, 0.4) is 0 Å². The standard InChI is InChI=1S/C18H29F3N4O3S.HI/c1-4-22-17(23-11-12-29(26,27)25(5-2)6-3)24-13-15-7-9-16(10-8-15)28-14-18(19,20)21;/h7-10H,4-6,11-14H2,1-3H3,(H2,22,23,24);1H. The second-order valence-electron chi connectivity index (χ2n) is 6.07. The third-order valence-electron chi connectivity index (χ3n) is 3.84. The summed E-state index contributed by atoms with van der Waals surface area (Å²) in [5.74, 6) is 0.533. The number of hydrogen-bond donors (Lipinski definition) is 2. The average molecular weight is 566 g/mol. The molecule has 0 spiro atoms. The number of nitrogens with one attached hydrogen (secondary N) is 2. The summed E-state index contributed by atoms with van der Waals surface area (Å²) >= 11 is 0.